The summed E-state index contributed by atoms with van der Waals surface area (Å²) in [5.74, 6) is -0.877. The first-order valence-electron chi connectivity index (χ1n) is 5.81. The van der Waals surface area contributed by atoms with Crippen molar-refractivity contribution in [3.63, 3.8) is 0 Å². The number of hydrogen-bond donors (Lipinski definition) is 2. The molecule has 0 amide bonds. The molecule has 0 aliphatic carbocycles. The molecule has 0 aromatic heterocycles. The van der Waals surface area contributed by atoms with E-state index in [0.29, 0.717) is 6.42 Å². The van der Waals surface area contributed by atoms with Crippen LogP contribution in [-0.4, -0.2) is 25.5 Å². The van der Waals surface area contributed by atoms with Gasteiger partial charge in [-0.1, -0.05) is 18.2 Å². The summed E-state index contributed by atoms with van der Waals surface area (Å²) < 4.78 is 26.3. The van der Waals surface area contributed by atoms with Gasteiger partial charge in [0.15, 0.2) is 0 Å². The van der Waals surface area contributed by atoms with Crippen molar-refractivity contribution in [2.24, 2.45) is 0 Å². The van der Waals surface area contributed by atoms with Crippen LogP contribution in [0.25, 0.3) is 0 Å². The maximum Gasteiger partial charge on any atom is 0.303 e. The fourth-order valence-electron chi connectivity index (χ4n) is 1.45. The molecule has 0 aliphatic rings. The molecule has 19 heavy (non-hydrogen) atoms. The first kappa shape index (κ1) is 15.4. The van der Waals surface area contributed by atoms with Crippen molar-refractivity contribution in [2.75, 3.05) is 0 Å². The molecule has 1 aromatic carbocycles. The Bertz CT molecular complexity index is 549. The highest BCUT2D eigenvalue weighted by Gasteiger charge is 2.15. The second-order valence-electron chi connectivity index (χ2n) is 4.18. The quantitative estimate of drug-likeness (QED) is 0.744. The molecular weight excluding hydrogens is 266 g/mol. The topological polar surface area (TPSA) is 83.5 Å². The highest BCUT2D eigenvalue weighted by Crippen LogP contribution is 2.12. The third-order valence-corrected chi connectivity index (χ3v) is 4.13. The zero-order valence-electron chi connectivity index (χ0n) is 10.7. The average molecular weight is 283 g/mol. The van der Waals surface area contributed by atoms with Crippen molar-refractivity contribution in [3.05, 3.63) is 42.5 Å². The Labute approximate surface area is 113 Å². The predicted octanol–water partition coefficient (Wildman–Crippen LogP) is 1.56. The lowest BCUT2D eigenvalue weighted by Crippen LogP contribution is -2.30. The van der Waals surface area contributed by atoms with E-state index in [-0.39, 0.29) is 17.4 Å². The summed E-state index contributed by atoms with van der Waals surface area (Å²) in [5, 5.41) is 8.57. The molecule has 0 radical (unpaired) electrons. The smallest absolute Gasteiger partial charge is 0.303 e. The first-order valence-corrected chi connectivity index (χ1v) is 7.29. The summed E-state index contributed by atoms with van der Waals surface area (Å²) in [5.41, 5.74) is 0.790. The summed E-state index contributed by atoms with van der Waals surface area (Å²) in [7, 11) is -3.56. The van der Waals surface area contributed by atoms with Crippen molar-refractivity contribution in [1.29, 1.82) is 0 Å². The van der Waals surface area contributed by atoms with Gasteiger partial charge in [0.05, 0.1) is 4.90 Å². The molecule has 0 bridgehead atoms. The third kappa shape index (κ3) is 4.84. The molecular formula is C13H17NO4S. The van der Waals surface area contributed by atoms with Crippen molar-refractivity contribution in [2.45, 2.75) is 30.7 Å². The molecule has 104 valence electrons. The fourth-order valence-corrected chi connectivity index (χ4v) is 2.66. The van der Waals surface area contributed by atoms with E-state index in [1.54, 1.807) is 19.1 Å². The van der Waals surface area contributed by atoms with Crippen LogP contribution in [0.3, 0.4) is 0 Å². The van der Waals surface area contributed by atoms with Crippen LogP contribution in [0.4, 0.5) is 0 Å². The Morgan fingerprint density at radius 2 is 2.00 bits per heavy atom. The number of benzene rings is 1. The summed E-state index contributed by atoms with van der Waals surface area (Å²) in [6.45, 7) is 5.20. The first-order chi connectivity index (χ1) is 8.85. The summed E-state index contributed by atoms with van der Waals surface area (Å²) in [6.07, 6.45) is 1.91. The standard InChI is InChI=1S/C13H17NO4S/c1-3-10(2)14-19(17,18)12-7-4-11(5-8-12)6-9-13(15)16/h3-5,7-8,10,14H,1,6,9H2,2H3,(H,15,16). The van der Waals surface area contributed by atoms with Gasteiger partial charge in [0.25, 0.3) is 0 Å². The summed E-state index contributed by atoms with van der Waals surface area (Å²) in [6, 6.07) is 5.83. The highest BCUT2D eigenvalue weighted by atomic mass is 32.2. The van der Waals surface area contributed by atoms with E-state index in [1.165, 1.54) is 18.2 Å². The zero-order valence-corrected chi connectivity index (χ0v) is 11.5. The van der Waals surface area contributed by atoms with E-state index >= 15 is 0 Å². The molecule has 5 nitrogen and oxygen atoms in total. The highest BCUT2D eigenvalue weighted by molar-refractivity contribution is 7.89. The SMILES string of the molecule is C=CC(C)NS(=O)(=O)c1ccc(CCC(=O)O)cc1. The second-order valence-corrected chi connectivity index (χ2v) is 5.90. The number of carbonyl (C=O) groups is 1. The van der Waals surface area contributed by atoms with Crippen LogP contribution in [-0.2, 0) is 21.2 Å². The maximum absolute atomic E-state index is 11.9. The molecule has 1 rings (SSSR count). The molecule has 0 heterocycles. The van der Waals surface area contributed by atoms with Crippen LogP contribution in [0.1, 0.15) is 18.9 Å². The van der Waals surface area contributed by atoms with E-state index in [2.05, 4.69) is 11.3 Å². The van der Waals surface area contributed by atoms with Crippen LogP contribution < -0.4 is 4.72 Å². The van der Waals surface area contributed by atoms with Crippen LogP contribution in [0.5, 0.6) is 0 Å². The van der Waals surface area contributed by atoms with Gasteiger partial charge in [-0.05, 0) is 31.0 Å². The average Bonchev–Trinajstić information content (AvgIpc) is 2.36. The third-order valence-electron chi connectivity index (χ3n) is 2.56. The Balaban J connectivity index is 2.80. The summed E-state index contributed by atoms with van der Waals surface area (Å²) in [4.78, 5) is 10.6. The van der Waals surface area contributed by atoms with E-state index in [1.807, 2.05) is 0 Å². The zero-order chi connectivity index (χ0) is 14.5. The normalized spacial score (nSPS) is 12.9. The van der Waals surface area contributed by atoms with Gasteiger partial charge in [0.2, 0.25) is 10.0 Å². The molecule has 1 atom stereocenters. The van der Waals surface area contributed by atoms with E-state index in [9.17, 15) is 13.2 Å². The number of carboxylic acids is 1. The number of sulfonamides is 1. The number of hydrogen-bond acceptors (Lipinski definition) is 3. The van der Waals surface area contributed by atoms with Gasteiger partial charge in [-0.15, -0.1) is 6.58 Å². The Morgan fingerprint density at radius 3 is 2.47 bits per heavy atom. The molecule has 0 saturated carbocycles. The largest absolute Gasteiger partial charge is 0.481 e. The van der Waals surface area contributed by atoms with Gasteiger partial charge < -0.3 is 5.11 Å². The molecule has 0 fully saturated rings. The molecule has 1 aromatic rings. The van der Waals surface area contributed by atoms with Crippen LogP contribution in [0, 0.1) is 0 Å². The fraction of sp³-hybridized carbons (Fsp3) is 0.308. The summed E-state index contributed by atoms with van der Waals surface area (Å²) >= 11 is 0. The van der Waals surface area contributed by atoms with Gasteiger partial charge in [0, 0.05) is 12.5 Å². The number of aliphatic carboxylic acids is 1. The lowest BCUT2D eigenvalue weighted by Gasteiger charge is -2.10. The van der Waals surface area contributed by atoms with Crippen molar-refractivity contribution < 1.29 is 18.3 Å². The minimum atomic E-state index is -3.56. The lowest BCUT2D eigenvalue weighted by molar-refractivity contribution is -0.136. The molecule has 6 heteroatoms. The molecule has 0 saturated heterocycles. The van der Waals surface area contributed by atoms with Gasteiger partial charge in [-0.2, -0.15) is 0 Å². The van der Waals surface area contributed by atoms with Gasteiger partial charge in [-0.25, -0.2) is 13.1 Å². The van der Waals surface area contributed by atoms with Gasteiger partial charge in [0.1, 0.15) is 0 Å². The molecule has 2 N–H and O–H groups in total. The minimum absolute atomic E-state index is 0.0256. The number of rotatable bonds is 7. The van der Waals surface area contributed by atoms with E-state index in [0.717, 1.165) is 5.56 Å². The Kier molecular flexibility index (Phi) is 5.26. The minimum Gasteiger partial charge on any atom is -0.481 e. The number of aryl methyl sites for hydroxylation is 1. The Morgan fingerprint density at radius 1 is 1.42 bits per heavy atom. The van der Waals surface area contributed by atoms with Crippen molar-refractivity contribution in [1.82, 2.24) is 4.72 Å². The second kappa shape index (κ2) is 6.49. The number of carboxylic acid groups (broad SMARTS) is 1. The van der Waals surface area contributed by atoms with Crippen LogP contribution in [0.2, 0.25) is 0 Å². The van der Waals surface area contributed by atoms with Gasteiger partial charge in [-0.3, -0.25) is 4.79 Å². The number of nitrogens with one attached hydrogen (secondary N) is 1. The van der Waals surface area contributed by atoms with Gasteiger partial charge >= 0.3 is 5.97 Å². The van der Waals surface area contributed by atoms with Crippen LogP contribution in [0.15, 0.2) is 41.8 Å². The monoisotopic (exact) mass is 283 g/mol. The van der Waals surface area contributed by atoms with Crippen molar-refractivity contribution in [3.8, 4) is 0 Å². The maximum atomic E-state index is 11.9. The predicted molar refractivity (Wildman–Crippen MR) is 72.4 cm³/mol. The Hall–Kier alpha value is -1.66. The van der Waals surface area contributed by atoms with E-state index < -0.39 is 16.0 Å². The van der Waals surface area contributed by atoms with Crippen LogP contribution >= 0.6 is 0 Å². The van der Waals surface area contributed by atoms with E-state index in [4.69, 9.17) is 5.11 Å². The molecule has 1 unspecified atom stereocenters. The molecule has 0 aliphatic heterocycles. The van der Waals surface area contributed by atoms with Crippen molar-refractivity contribution >= 4 is 16.0 Å². The molecule has 0 spiro atoms. The lowest BCUT2D eigenvalue weighted by atomic mass is 10.1.